The molecule has 0 spiro atoms. The lowest BCUT2D eigenvalue weighted by Crippen LogP contribution is -2.64. The summed E-state index contributed by atoms with van der Waals surface area (Å²) >= 11 is 0. The van der Waals surface area contributed by atoms with Gasteiger partial charge in [0.15, 0.2) is 0 Å². The van der Waals surface area contributed by atoms with Crippen molar-refractivity contribution in [2.45, 2.75) is 51.9 Å². The summed E-state index contributed by atoms with van der Waals surface area (Å²) < 4.78 is 7.35. The largest absolute Gasteiger partial charge is 0.379 e. The Labute approximate surface area is 200 Å². The van der Waals surface area contributed by atoms with E-state index in [1.807, 2.05) is 87.5 Å². The van der Waals surface area contributed by atoms with Gasteiger partial charge in [-0.2, -0.15) is 5.10 Å². The summed E-state index contributed by atoms with van der Waals surface area (Å²) in [5.74, 6) is -0.389. The maximum Gasteiger partial charge on any atom is 0.273 e. The number of carbonyl (C=O) groups excluding carboxylic acids is 2. The van der Waals surface area contributed by atoms with Crippen LogP contribution in [0, 0.1) is 0 Å². The molecule has 0 aliphatic carbocycles. The number of benzene rings is 2. The maximum atomic E-state index is 13.6. The third-order valence-electron chi connectivity index (χ3n) is 6.13. The Morgan fingerprint density at radius 2 is 1.79 bits per heavy atom. The van der Waals surface area contributed by atoms with E-state index in [1.54, 1.807) is 9.58 Å². The Bertz CT molecular complexity index is 1130. The van der Waals surface area contributed by atoms with Crippen LogP contribution in [0.3, 0.4) is 0 Å². The number of ether oxygens (including phenoxy) is 1. The number of rotatable bonds is 9. The minimum Gasteiger partial charge on any atom is -0.379 e. The van der Waals surface area contributed by atoms with Crippen molar-refractivity contribution in [3.05, 3.63) is 78.0 Å². The Hall–Kier alpha value is -3.45. The van der Waals surface area contributed by atoms with E-state index in [0.29, 0.717) is 31.8 Å². The van der Waals surface area contributed by atoms with Crippen LogP contribution in [0.1, 0.15) is 43.2 Å². The van der Waals surface area contributed by atoms with Crippen molar-refractivity contribution >= 4 is 11.8 Å². The van der Waals surface area contributed by atoms with Crippen LogP contribution in [-0.2, 0) is 22.6 Å². The molecule has 4 rings (SSSR count). The van der Waals surface area contributed by atoms with E-state index in [0.717, 1.165) is 16.8 Å². The van der Waals surface area contributed by atoms with Crippen molar-refractivity contribution in [1.29, 1.82) is 0 Å². The van der Waals surface area contributed by atoms with Crippen molar-refractivity contribution < 1.29 is 14.3 Å². The molecule has 3 aromatic rings. The number of hydrogen-bond donors (Lipinski definition) is 1. The zero-order chi connectivity index (χ0) is 24.1. The first-order chi connectivity index (χ1) is 16.4. The molecule has 178 valence electrons. The number of hydrogen-bond acceptors (Lipinski definition) is 4. The van der Waals surface area contributed by atoms with E-state index in [-0.39, 0.29) is 24.5 Å². The molecule has 2 amide bonds. The van der Waals surface area contributed by atoms with Gasteiger partial charge in [0.1, 0.15) is 11.2 Å². The van der Waals surface area contributed by atoms with Crippen LogP contribution in [0.4, 0.5) is 0 Å². The molecule has 7 heteroatoms. The van der Waals surface area contributed by atoms with Crippen molar-refractivity contribution in [3.63, 3.8) is 0 Å². The highest BCUT2D eigenvalue weighted by Gasteiger charge is 2.47. The number of aromatic nitrogens is 2. The third kappa shape index (κ3) is 5.04. The fraction of sp³-hybridized carbons (Fsp3) is 0.370. The second-order valence-corrected chi connectivity index (χ2v) is 9.11. The minimum absolute atomic E-state index is 0.118. The van der Waals surface area contributed by atoms with E-state index in [4.69, 9.17) is 4.74 Å². The molecule has 0 radical (unpaired) electrons. The average Bonchev–Trinajstić information content (AvgIpc) is 3.27. The highest BCUT2D eigenvalue weighted by Crippen LogP contribution is 2.30. The van der Waals surface area contributed by atoms with Gasteiger partial charge in [-0.25, -0.2) is 0 Å². The number of nitrogens with zero attached hydrogens (tertiary/aromatic N) is 3. The van der Waals surface area contributed by atoms with Gasteiger partial charge in [0.05, 0.1) is 18.3 Å². The second kappa shape index (κ2) is 10.2. The molecule has 7 nitrogen and oxygen atoms in total. The molecule has 0 saturated heterocycles. The number of carbonyl (C=O) groups is 2. The van der Waals surface area contributed by atoms with Gasteiger partial charge in [0, 0.05) is 25.3 Å². The Kier molecular flexibility index (Phi) is 7.12. The van der Waals surface area contributed by atoms with Gasteiger partial charge >= 0.3 is 0 Å². The van der Waals surface area contributed by atoms with Crippen molar-refractivity contribution in [2.24, 2.45) is 0 Å². The minimum atomic E-state index is -1.07. The monoisotopic (exact) mass is 460 g/mol. The molecule has 0 fully saturated rings. The van der Waals surface area contributed by atoms with Crippen molar-refractivity contribution in [1.82, 2.24) is 20.0 Å². The summed E-state index contributed by atoms with van der Waals surface area (Å²) in [6, 6.07) is 21.3. The van der Waals surface area contributed by atoms with E-state index >= 15 is 0 Å². The molecule has 0 bridgehead atoms. The molecule has 34 heavy (non-hydrogen) atoms. The smallest absolute Gasteiger partial charge is 0.273 e. The predicted molar refractivity (Wildman–Crippen MR) is 131 cm³/mol. The van der Waals surface area contributed by atoms with Crippen molar-refractivity contribution in [3.8, 4) is 11.3 Å². The summed E-state index contributed by atoms with van der Waals surface area (Å²) in [7, 11) is 0. The van der Waals surface area contributed by atoms with Crippen LogP contribution in [-0.4, -0.2) is 51.3 Å². The topological polar surface area (TPSA) is 76.5 Å². The van der Waals surface area contributed by atoms with Crippen molar-refractivity contribution in [2.75, 3.05) is 13.2 Å². The van der Waals surface area contributed by atoms with Gasteiger partial charge in [0.25, 0.3) is 5.91 Å². The first-order valence-corrected chi connectivity index (χ1v) is 11.8. The maximum absolute atomic E-state index is 13.6. The molecular formula is C27H32N4O3. The first-order valence-electron chi connectivity index (χ1n) is 11.8. The summed E-state index contributed by atoms with van der Waals surface area (Å²) in [6.45, 7) is 7.42. The molecule has 1 N–H and O–H groups in total. The number of amides is 2. The van der Waals surface area contributed by atoms with Crippen LogP contribution >= 0.6 is 0 Å². The van der Waals surface area contributed by atoms with Gasteiger partial charge in [-0.1, -0.05) is 60.7 Å². The average molecular weight is 461 g/mol. The number of nitrogens with one attached hydrogen (secondary N) is 1. The molecule has 2 aromatic carbocycles. The van der Waals surface area contributed by atoms with E-state index in [2.05, 4.69) is 10.4 Å². The lowest BCUT2D eigenvalue weighted by Gasteiger charge is -2.43. The Balaban J connectivity index is 1.60. The number of fused-ring (bicyclic) bond motifs is 1. The fourth-order valence-electron chi connectivity index (χ4n) is 4.25. The summed E-state index contributed by atoms with van der Waals surface area (Å²) in [5, 5.41) is 7.72. The zero-order valence-electron chi connectivity index (χ0n) is 20.0. The van der Waals surface area contributed by atoms with Gasteiger partial charge in [-0.3, -0.25) is 14.3 Å². The summed E-state index contributed by atoms with van der Waals surface area (Å²) in [6.07, 6.45) is 0.762. The third-order valence-corrected chi connectivity index (χ3v) is 6.13. The van der Waals surface area contributed by atoms with Crippen LogP contribution in [0.15, 0.2) is 66.7 Å². The lowest BCUT2D eigenvalue weighted by molar-refractivity contribution is -0.133. The molecule has 1 aliphatic rings. The Morgan fingerprint density at radius 1 is 1.12 bits per heavy atom. The quantitative estimate of drug-likeness (QED) is 0.492. The lowest BCUT2D eigenvalue weighted by atomic mass is 9.94. The van der Waals surface area contributed by atoms with E-state index in [9.17, 15) is 9.59 Å². The summed E-state index contributed by atoms with van der Waals surface area (Å²) in [5.41, 5.74) is 2.09. The normalized spacial score (nSPS) is 17.6. The van der Waals surface area contributed by atoms with Gasteiger partial charge in [0.2, 0.25) is 5.91 Å². The molecule has 2 heterocycles. The predicted octanol–water partition coefficient (Wildman–Crippen LogP) is 3.90. The van der Waals surface area contributed by atoms with Crippen LogP contribution in [0.2, 0.25) is 0 Å². The second-order valence-electron chi connectivity index (χ2n) is 9.11. The molecular weight excluding hydrogens is 428 g/mol. The standard InChI is InChI=1S/C27H32N4O3/c1-20(2)34-16-10-15-30-25(32)24-17-23(22-13-8-5-9-14-22)29-31(24)19-27(30,3)26(33)28-18-21-11-6-4-7-12-21/h4-9,11-14,17,20H,10,15-16,18-19H2,1-3H3,(H,28,33)/t27-/m0/s1. The molecule has 0 saturated carbocycles. The SMILES string of the molecule is CC(C)OCCCN1C(=O)c2cc(-c3ccccc3)nn2C[C@@]1(C)C(=O)NCc1ccccc1. The van der Waals surface area contributed by atoms with Gasteiger partial charge < -0.3 is 15.0 Å². The highest BCUT2D eigenvalue weighted by molar-refractivity contribution is 6.00. The Morgan fingerprint density at radius 3 is 2.47 bits per heavy atom. The van der Waals surface area contributed by atoms with Crippen LogP contribution < -0.4 is 5.32 Å². The van der Waals surface area contributed by atoms with E-state index < -0.39 is 5.54 Å². The highest BCUT2D eigenvalue weighted by atomic mass is 16.5. The molecule has 1 atom stereocenters. The van der Waals surface area contributed by atoms with Crippen LogP contribution in [0.5, 0.6) is 0 Å². The molecule has 0 unspecified atom stereocenters. The van der Waals surface area contributed by atoms with Gasteiger partial charge in [-0.05, 0) is 38.8 Å². The fourth-order valence-corrected chi connectivity index (χ4v) is 4.25. The zero-order valence-corrected chi connectivity index (χ0v) is 20.0. The van der Waals surface area contributed by atoms with Crippen LogP contribution in [0.25, 0.3) is 11.3 Å². The molecule has 1 aliphatic heterocycles. The van der Waals surface area contributed by atoms with E-state index in [1.165, 1.54) is 0 Å². The molecule has 1 aromatic heterocycles. The summed E-state index contributed by atoms with van der Waals surface area (Å²) in [4.78, 5) is 28.8. The van der Waals surface area contributed by atoms with Gasteiger partial charge in [-0.15, -0.1) is 0 Å². The first kappa shape index (κ1) is 23.7.